The van der Waals surface area contributed by atoms with Crippen molar-refractivity contribution in [2.45, 2.75) is 25.3 Å². The summed E-state index contributed by atoms with van der Waals surface area (Å²) in [6.45, 7) is 6.82. The zero-order chi connectivity index (χ0) is 13.8. The first kappa shape index (κ1) is 13.7. The molecular weight excluding hydrogens is 250 g/mol. The summed E-state index contributed by atoms with van der Waals surface area (Å²) < 4.78 is 5.77. The highest BCUT2D eigenvalue weighted by Crippen LogP contribution is 2.20. The van der Waals surface area contributed by atoms with Crippen LogP contribution >= 0.6 is 0 Å². The monoisotopic (exact) mass is 275 g/mol. The molecule has 2 aliphatic heterocycles. The van der Waals surface area contributed by atoms with Gasteiger partial charge in [0.25, 0.3) is 0 Å². The zero-order valence-corrected chi connectivity index (χ0v) is 12.1. The van der Waals surface area contributed by atoms with E-state index < -0.39 is 0 Å². The first-order chi connectivity index (χ1) is 9.81. The predicted octanol–water partition coefficient (Wildman–Crippen LogP) is 1.82. The van der Waals surface area contributed by atoms with Gasteiger partial charge in [0.2, 0.25) is 0 Å². The molecule has 0 radical (unpaired) electrons. The lowest BCUT2D eigenvalue weighted by Crippen LogP contribution is -2.36. The van der Waals surface area contributed by atoms with Crippen molar-refractivity contribution >= 4 is 5.69 Å². The third-order valence-corrected chi connectivity index (χ3v) is 4.46. The molecule has 0 amide bonds. The van der Waals surface area contributed by atoms with Gasteiger partial charge in [0.15, 0.2) is 0 Å². The van der Waals surface area contributed by atoms with Crippen molar-refractivity contribution in [1.82, 2.24) is 9.80 Å². The maximum absolute atomic E-state index is 5.77. The van der Waals surface area contributed by atoms with Gasteiger partial charge in [0.05, 0.1) is 0 Å². The minimum atomic E-state index is 0.761. The molecule has 1 aromatic carbocycles. The van der Waals surface area contributed by atoms with E-state index in [0.717, 1.165) is 30.6 Å². The van der Waals surface area contributed by atoms with Crippen molar-refractivity contribution in [3.05, 3.63) is 24.3 Å². The van der Waals surface area contributed by atoms with Gasteiger partial charge in [-0.05, 0) is 63.2 Å². The summed E-state index contributed by atoms with van der Waals surface area (Å²) >= 11 is 0. The highest BCUT2D eigenvalue weighted by molar-refractivity contribution is 5.41. The van der Waals surface area contributed by atoms with E-state index in [1.54, 1.807) is 0 Å². The van der Waals surface area contributed by atoms with Crippen LogP contribution in [0.4, 0.5) is 5.69 Å². The fourth-order valence-electron chi connectivity index (χ4n) is 3.28. The summed E-state index contributed by atoms with van der Waals surface area (Å²) in [4.78, 5) is 5.20. The number of nitrogens with two attached hydrogens (primary N) is 1. The molecule has 3 rings (SSSR count). The second kappa shape index (κ2) is 6.46. The molecule has 110 valence electrons. The first-order valence-corrected chi connectivity index (χ1v) is 7.76. The molecule has 1 aromatic rings. The normalized spacial score (nSPS) is 24.3. The Morgan fingerprint density at radius 1 is 1.10 bits per heavy atom. The molecule has 0 saturated carbocycles. The van der Waals surface area contributed by atoms with E-state index in [4.69, 9.17) is 10.5 Å². The number of anilines is 1. The summed E-state index contributed by atoms with van der Waals surface area (Å²) in [7, 11) is 0. The first-order valence-electron chi connectivity index (χ1n) is 7.76. The Bertz CT molecular complexity index is 414. The van der Waals surface area contributed by atoms with Crippen LogP contribution in [0.5, 0.6) is 5.75 Å². The lowest BCUT2D eigenvalue weighted by molar-refractivity contribution is 0.207. The Kier molecular flexibility index (Phi) is 4.43. The van der Waals surface area contributed by atoms with Crippen molar-refractivity contribution in [1.29, 1.82) is 0 Å². The van der Waals surface area contributed by atoms with Crippen LogP contribution in [0.3, 0.4) is 0 Å². The Hall–Kier alpha value is -1.26. The second-order valence-corrected chi connectivity index (χ2v) is 5.90. The SMILES string of the molecule is Nc1ccc(OCCN2CCC(N3CCCC3)C2)cc1. The number of nitrogens with zero attached hydrogens (tertiary/aromatic N) is 2. The highest BCUT2D eigenvalue weighted by Gasteiger charge is 2.28. The molecule has 0 aliphatic carbocycles. The molecule has 2 aliphatic rings. The molecule has 1 unspecified atom stereocenters. The Balaban J connectivity index is 1.38. The Morgan fingerprint density at radius 3 is 2.60 bits per heavy atom. The van der Waals surface area contributed by atoms with Crippen LogP contribution < -0.4 is 10.5 Å². The number of nitrogen functional groups attached to an aromatic ring is 1. The molecule has 1 atom stereocenters. The minimum Gasteiger partial charge on any atom is -0.492 e. The quantitative estimate of drug-likeness (QED) is 0.832. The summed E-state index contributed by atoms with van der Waals surface area (Å²) in [5.41, 5.74) is 6.44. The molecule has 20 heavy (non-hydrogen) atoms. The minimum absolute atomic E-state index is 0.761. The van der Waals surface area contributed by atoms with Crippen LogP contribution in [0.2, 0.25) is 0 Å². The standard InChI is InChI=1S/C16H25N3O/c17-14-3-5-16(6-4-14)20-12-11-18-10-7-15(13-18)19-8-1-2-9-19/h3-6,15H,1-2,7-13,17H2. The van der Waals surface area contributed by atoms with Crippen LogP contribution in [0.25, 0.3) is 0 Å². The van der Waals surface area contributed by atoms with Crippen molar-refractivity contribution in [2.24, 2.45) is 0 Å². The van der Waals surface area contributed by atoms with E-state index in [9.17, 15) is 0 Å². The van der Waals surface area contributed by atoms with Crippen LogP contribution in [-0.2, 0) is 0 Å². The molecule has 4 heteroatoms. The fourth-order valence-corrected chi connectivity index (χ4v) is 3.28. The highest BCUT2D eigenvalue weighted by atomic mass is 16.5. The lowest BCUT2D eigenvalue weighted by Gasteiger charge is -2.23. The average Bonchev–Trinajstić information content (AvgIpc) is 3.11. The van der Waals surface area contributed by atoms with Gasteiger partial charge in [0, 0.05) is 24.8 Å². The predicted molar refractivity (Wildman–Crippen MR) is 82.0 cm³/mol. The van der Waals surface area contributed by atoms with E-state index in [-0.39, 0.29) is 0 Å². The van der Waals surface area contributed by atoms with E-state index in [0.29, 0.717) is 0 Å². The number of likely N-dealkylation sites (tertiary alicyclic amines) is 2. The van der Waals surface area contributed by atoms with Crippen LogP contribution in [0, 0.1) is 0 Å². The van der Waals surface area contributed by atoms with Gasteiger partial charge in [-0.2, -0.15) is 0 Å². The van der Waals surface area contributed by atoms with Crippen LogP contribution in [-0.4, -0.2) is 55.2 Å². The number of hydrogen-bond acceptors (Lipinski definition) is 4. The van der Waals surface area contributed by atoms with Gasteiger partial charge in [-0.3, -0.25) is 9.80 Å². The summed E-state index contributed by atoms with van der Waals surface area (Å²) in [6, 6.07) is 8.43. The summed E-state index contributed by atoms with van der Waals surface area (Å²) in [6.07, 6.45) is 4.09. The van der Waals surface area contributed by atoms with E-state index >= 15 is 0 Å². The number of benzene rings is 1. The summed E-state index contributed by atoms with van der Waals surface area (Å²) in [5.74, 6) is 0.912. The molecule has 4 nitrogen and oxygen atoms in total. The Labute approximate surface area is 121 Å². The van der Waals surface area contributed by atoms with Crippen molar-refractivity contribution in [2.75, 3.05) is 45.1 Å². The van der Waals surface area contributed by atoms with Crippen molar-refractivity contribution in [3.8, 4) is 5.75 Å². The molecule has 2 fully saturated rings. The maximum atomic E-state index is 5.77. The molecule has 0 bridgehead atoms. The average molecular weight is 275 g/mol. The van der Waals surface area contributed by atoms with Gasteiger partial charge in [0.1, 0.15) is 12.4 Å². The molecular formula is C16H25N3O. The fraction of sp³-hybridized carbons (Fsp3) is 0.625. The van der Waals surface area contributed by atoms with Crippen LogP contribution in [0.15, 0.2) is 24.3 Å². The summed E-state index contributed by atoms with van der Waals surface area (Å²) in [5, 5.41) is 0. The smallest absolute Gasteiger partial charge is 0.119 e. The third-order valence-electron chi connectivity index (χ3n) is 4.46. The largest absolute Gasteiger partial charge is 0.492 e. The second-order valence-electron chi connectivity index (χ2n) is 5.90. The van der Waals surface area contributed by atoms with Crippen molar-refractivity contribution < 1.29 is 4.74 Å². The van der Waals surface area contributed by atoms with E-state index in [1.807, 2.05) is 24.3 Å². The van der Waals surface area contributed by atoms with Gasteiger partial charge < -0.3 is 10.5 Å². The topological polar surface area (TPSA) is 41.7 Å². The van der Waals surface area contributed by atoms with Gasteiger partial charge in [-0.1, -0.05) is 0 Å². The van der Waals surface area contributed by atoms with Gasteiger partial charge in [-0.15, -0.1) is 0 Å². The number of hydrogen-bond donors (Lipinski definition) is 1. The van der Waals surface area contributed by atoms with Crippen molar-refractivity contribution in [3.63, 3.8) is 0 Å². The molecule has 2 saturated heterocycles. The third kappa shape index (κ3) is 3.44. The molecule has 2 heterocycles. The molecule has 0 spiro atoms. The van der Waals surface area contributed by atoms with Gasteiger partial charge >= 0.3 is 0 Å². The number of ether oxygens (including phenoxy) is 1. The lowest BCUT2D eigenvalue weighted by atomic mass is 10.2. The molecule has 2 N–H and O–H groups in total. The molecule has 0 aromatic heterocycles. The van der Waals surface area contributed by atoms with E-state index in [2.05, 4.69) is 9.80 Å². The van der Waals surface area contributed by atoms with Crippen LogP contribution in [0.1, 0.15) is 19.3 Å². The number of rotatable bonds is 5. The Morgan fingerprint density at radius 2 is 1.85 bits per heavy atom. The van der Waals surface area contributed by atoms with E-state index in [1.165, 1.54) is 45.4 Å². The maximum Gasteiger partial charge on any atom is 0.119 e. The van der Waals surface area contributed by atoms with Gasteiger partial charge in [-0.25, -0.2) is 0 Å². The zero-order valence-electron chi connectivity index (χ0n) is 12.1.